The molecule has 182 valence electrons. The number of H-pyrrole nitrogens is 2. The fourth-order valence-corrected chi connectivity index (χ4v) is 5.78. The number of hydrogen-bond acceptors (Lipinski definition) is 4. The van der Waals surface area contributed by atoms with E-state index in [-0.39, 0.29) is 5.91 Å². The average Bonchev–Trinajstić information content (AvgIpc) is 3.52. The molecule has 6 rings (SSSR count). The lowest BCUT2D eigenvalue weighted by atomic mass is 9.98. The minimum absolute atomic E-state index is 0.152. The van der Waals surface area contributed by atoms with Crippen LogP contribution in [0.25, 0.3) is 21.8 Å². The highest BCUT2D eigenvalue weighted by Crippen LogP contribution is 2.26. The Kier molecular flexibility index (Phi) is 5.94. The number of aromatic nitrogens is 3. The number of piperazine rings is 1. The number of carbonyl (C=O) groups excluding carboxylic acids is 1. The molecule has 7 nitrogen and oxygen atoms in total. The largest absolute Gasteiger partial charge is 0.352 e. The first-order valence-corrected chi connectivity index (χ1v) is 13.0. The Bertz CT molecular complexity index is 1330. The second kappa shape index (κ2) is 9.38. The van der Waals surface area contributed by atoms with E-state index in [0.29, 0.717) is 6.04 Å². The highest BCUT2D eigenvalue weighted by atomic mass is 16.2. The quantitative estimate of drug-likeness (QED) is 0.449. The third kappa shape index (κ3) is 4.41. The lowest BCUT2D eigenvalue weighted by Gasteiger charge is -2.39. The minimum Gasteiger partial charge on any atom is -0.352 e. The van der Waals surface area contributed by atoms with Crippen LogP contribution in [0, 0.1) is 6.92 Å². The van der Waals surface area contributed by atoms with Crippen molar-refractivity contribution in [3.05, 3.63) is 59.8 Å². The zero-order chi connectivity index (χ0) is 23.8. The second-order valence-corrected chi connectivity index (χ2v) is 10.1. The van der Waals surface area contributed by atoms with Crippen LogP contribution < -0.4 is 4.90 Å². The lowest BCUT2D eigenvalue weighted by molar-refractivity contribution is 0.0577. The van der Waals surface area contributed by atoms with E-state index < -0.39 is 0 Å². The summed E-state index contributed by atoms with van der Waals surface area (Å²) in [5, 5.41) is 10.0. The van der Waals surface area contributed by atoms with Crippen LogP contribution in [0.5, 0.6) is 0 Å². The van der Waals surface area contributed by atoms with Gasteiger partial charge in [0.05, 0.1) is 5.52 Å². The van der Waals surface area contributed by atoms with Gasteiger partial charge in [0.25, 0.3) is 5.91 Å². The fraction of sp³-hybridized carbons (Fsp3) is 0.429. The number of benzene rings is 2. The molecule has 1 atom stereocenters. The topological polar surface area (TPSA) is 71.3 Å². The molecular weight excluding hydrogens is 436 g/mol. The molecule has 2 saturated heterocycles. The molecule has 0 unspecified atom stereocenters. The molecule has 4 aromatic rings. The number of anilines is 1. The first-order valence-electron chi connectivity index (χ1n) is 13.0. The SMILES string of the molecule is Cc1ccc2cc(C(=O)N3CCCC[C@H]3CCN3CCN(c4n[nH]c5ccccc45)CC3)[nH]c2c1. The van der Waals surface area contributed by atoms with Crippen molar-refractivity contribution in [2.75, 3.05) is 44.2 Å². The number of rotatable bonds is 5. The van der Waals surface area contributed by atoms with Crippen LogP contribution in [-0.4, -0.2) is 76.2 Å². The van der Waals surface area contributed by atoms with Gasteiger partial charge in [-0.25, -0.2) is 0 Å². The van der Waals surface area contributed by atoms with E-state index in [0.717, 1.165) is 86.5 Å². The molecule has 7 heteroatoms. The van der Waals surface area contributed by atoms with Gasteiger partial charge in [0.1, 0.15) is 5.69 Å². The molecule has 1 amide bonds. The maximum Gasteiger partial charge on any atom is 0.270 e. The highest BCUT2D eigenvalue weighted by Gasteiger charge is 2.29. The number of hydrogen-bond donors (Lipinski definition) is 2. The standard InChI is InChI=1S/C28H34N6O/c1-20-9-10-21-19-26(29-25(21)18-20)28(35)34-12-5-4-6-22(34)11-13-32-14-16-33(17-15-32)27-23-7-2-3-8-24(23)30-31-27/h2-3,7-10,18-19,22,29H,4-6,11-17H2,1H3,(H,30,31)/t22-/m0/s1. The highest BCUT2D eigenvalue weighted by molar-refractivity contribution is 5.98. The summed E-state index contributed by atoms with van der Waals surface area (Å²) in [6, 6.07) is 17.0. The Morgan fingerprint density at radius 2 is 1.86 bits per heavy atom. The molecule has 0 radical (unpaired) electrons. The normalized spacial score (nSPS) is 19.6. The van der Waals surface area contributed by atoms with Gasteiger partial charge in [0.15, 0.2) is 5.82 Å². The molecule has 35 heavy (non-hydrogen) atoms. The van der Waals surface area contributed by atoms with Gasteiger partial charge in [0.2, 0.25) is 0 Å². The van der Waals surface area contributed by atoms with Gasteiger partial charge in [-0.3, -0.25) is 14.8 Å². The number of para-hydroxylation sites is 1. The van der Waals surface area contributed by atoms with Crippen LogP contribution >= 0.6 is 0 Å². The summed E-state index contributed by atoms with van der Waals surface area (Å²) in [5.74, 6) is 1.22. The molecule has 2 aliphatic heterocycles. The van der Waals surface area contributed by atoms with Crippen molar-refractivity contribution in [2.45, 2.75) is 38.6 Å². The third-order valence-corrected chi connectivity index (χ3v) is 7.80. The Morgan fingerprint density at radius 1 is 1.00 bits per heavy atom. The van der Waals surface area contributed by atoms with Crippen molar-refractivity contribution in [2.24, 2.45) is 0 Å². The summed E-state index contributed by atoms with van der Waals surface area (Å²) in [7, 11) is 0. The number of nitrogens with one attached hydrogen (secondary N) is 2. The van der Waals surface area contributed by atoms with Crippen molar-refractivity contribution >= 4 is 33.5 Å². The molecule has 0 saturated carbocycles. The molecule has 2 aromatic heterocycles. The maximum atomic E-state index is 13.5. The fourth-order valence-electron chi connectivity index (χ4n) is 5.78. The van der Waals surface area contributed by atoms with Crippen LogP contribution in [0.3, 0.4) is 0 Å². The van der Waals surface area contributed by atoms with E-state index in [9.17, 15) is 4.79 Å². The van der Waals surface area contributed by atoms with E-state index in [2.05, 4.69) is 73.2 Å². The monoisotopic (exact) mass is 470 g/mol. The third-order valence-electron chi connectivity index (χ3n) is 7.80. The van der Waals surface area contributed by atoms with E-state index in [1.165, 1.54) is 17.4 Å². The van der Waals surface area contributed by atoms with Gasteiger partial charge < -0.3 is 14.8 Å². The average molecular weight is 471 g/mol. The first kappa shape index (κ1) is 22.2. The van der Waals surface area contributed by atoms with E-state index >= 15 is 0 Å². The van der Waals surface area contributed by atoms with Crippen molar-refractivity contribution in [1.82, 2.24) is 25.0 Å². The molecule has 4 heterocycles. The summed E-state index contributed by atoms with van der Waals surface area (Å²) in [6.45, 7) is 8.01. The molecular formula is C28H34N6O. The Hall–Kier alpha value is -3.32. The summed E-state index contributed by atoms with van der Waals surface area (Å²) in [6.07, 6.45) is 4.44. The minimum atomic E-state index is 0.152. The zero-order valence-electron chi connectivity index (χ0n) is 20.5. The second-order valence-electron chi connectivity index (χ2n) is 10.1. The maximum absolute atomic E-state index is 13.5. The molecule has 0 aliphatic carbocycles. The predicted octanol–water partition coefficient (Wildman–Crippen LogP) is 4.56. The summed E-state index contributed by atoms with van der Waals surface area (Å²) < 4.78 is 0. The molecule has 2 N–H and O–H groups in total. The van der Waals surface area contributed by atoms with Crippen molar-refractivity contribution in [3.8, 4) is 0 Å². The van der Waals surface area contributed by atoms with Crippen molar-refractivity contribution in [1.29, 1.82) is 0 Å². The first-order chi connectivity index (χ1) is 17.2. The van der Waals surface area contributed by atoms with E-state index in [1.807, 2.05) is 12.1 Å². The number of amides is 1. The zero-order valence-corrected chi connectivity index (χ0v) is 20.5. The van der Waals surface area contributed by atoms with Crippen LogP contribution in [0.15, 0.2) is 48.5 Å². The number of likely N-dealkylation sites (tertiary alicyclic amines) is 1. The van der Waals surface area contributed by atoms with Crippen molar-refractivity contribution in [3.63, 3.8) is 0 Å². The van der Waals surface area contributed by atoms with E-state index in [4.69, 9.17) is 0 Å². The Balaban J connectivity index is 1.07. The molecule has 0 bridgehead atoms. The number of aromatic amines is 2. The number of piperidine rings is 1. The van der Waals surface area contributed by atoms with Crippen molar-refractivity contribution < 1.29 is 4.79 Å². The lowest BCUT2D eigenvalue weighted by Crippen LogP contribution is -2.49. The van der Waals surface area contributed by atoms with Crippen LogP contribution in [0.4, 0.5) is 5.82 Å². The molecule has 2 aliphatic rings. The van der Waals surface area contributed by atoms with Crippen LogP contribution in [-0.2, 0) is 0 Å². The summed E-state index contributed by atoms with van der Waals surface area (Å²) >= 11 is 0. The van der Waals surface area contributed by atoms with Gasteiger partial charge >= 0.3 is 0 Å². The Morgan fingerprint density at radius 3 is 2.74 bits per heavy atom. The smallest absolute Gasteiger partial charge is 0.270 e. The van der Waals surface area contributed by atoms with Gasteiger partial charge in [-0.2, -0.15) is 5.10 Å². The molecule has 0 spiro atoms. The van der Waals surface area contributed by atoms with Crippen LogP contribution in [0.1, 0.15) is 41.7 Å². The van der Waals surface area contributed by atoms with Gasteiger partial charge in [0, 0.05) is 61.6 Å². The Labute approximate surface area is 206 Å². The number of aryl methyl sites for hydroxylation is 1. The van der Waals surface area contributed by atoms with Gasteiger partial charge in [-0.05, 0) is 62.4 Å². The number of nitrogens with zero attached hydrogens (tertiary/aromatic N) is 4. The van der Waals surface area contributed by atoms with E-state index in [1.54, 1.807) is 0 Å². The predicted molar refractivity (Wildman–Crippen MR) is 141 cm³/mol. The molecule has 2 aromatic carbocycles. The summed E-state index contributed by atoms with van der Waals surface area (Å²) in [4.78, 5) is 23.9. The summed E-state index contributed by atoms with van der Waals surface area (Å²) in [5.41, 5.74) is 4.06. The van der Waals surface area contributed by atoms with Gasteiger partial charge in [-0.1, -0.05) is 24.3 Å². The van der Waals surface area contributed by atoms with Gasteiger partial charge in [-0.15, -0.1) is 0 Å². The number of carbonyl (C=O) groups is 1. The van der Waals surface area contributed by atoms with Crippen LogP contribution in [0.2, 0.25) is 0 Å². The molecule has 2 fully saturated rings. The number of fused-ring (bicyclic) bond motifs is 2.